The number of hydrogen-bond donors (Lipinski definition) is 3. The third-order valence-electron chi connectivity index (χ3n) is 2.64. The van der Waals surface area contributed by atoms with Crippen LogP contribution in [0, 0.1) is 5.92 Å². The molecule has 116 valence electrons. The standard InChI is InChI=1S/C12H20O8/c1-7(2)4-5-20-8(13)6-12(18,11(16)17)9(19-3)10(14)15/h7,9,18H,4-6H2,1-3H3,(H,14,15)(H,16,17). The molecule has 0 rings (SSSR count). The van der Waals surface area contributed by atoms with Crippen molar-refractivity contribution in [2.24, 2.45) is 5.92 Å². The summed E-state index contributed by atoms with van der Waals surface area (Å²) in [5.74, 6) is -4.27. The molecule has 0 aliphatic carbocycles. The summed E-state index contributed by atoms with van der Waals surface area (Å²) in [7, 11) is 0.927. The van der Waals surface area contributed by atoms with E-state index in [4.69, 9.17) is 14.9 Å². The summed E-state index contributed by atoms with van der Waals surface area (Å²) in [6.07, 6.45) is -2.51. The van der Waals surface area contributed by atoms with Crippen molar-refractivity contribution in [3.8, 4) is 0 Å². The van der Waals surface area contributed by atoms with Gasteiger partial charge in [-0.25, -0.2) is 9.59 Å². The van der Waals surface area contributed by atoms with Gasteiger partial charge in [0.15, 0.2) is 6.10 Å². The summed E-state index contributed by atoms with van der Waals surface area (Å²) in [4.78, 5) is 33.4. The lowest BCUT2D eigenvalue weighted by Crippen LogP contribution is -2.55. The summed E-state index contributed by atoms with van der Waals surface area (Å²) < 4.78 is 9.21. The average Bonchev–Trinajstić information content (AvgIpc) is 2.27. The maximum atomic E-state index is 11.5. The monoisotopic (exact) mass is 292 g/mol. The molecule has 0 aliphatic rings. The van der Waals surface area contributed by atoms with Gasteiger partial charge < -0.3 is 24.8 Å². The van der Waals surface area contributed by atoms with Crippen LogP contribution >= 0.6 is 0 Å². The van der Waals surface area contributed by atoms with E-state index in [1.54, 1.807) is 0 Å². The molecule has 0 aromatic heterocycles. The lowest BCUT2D eigenvalue weighted by atomic mass is 9.92. The molecule has 0 saturated carbocycles. The largest absolute Gasteiger partial charge is 0.479 e. The maximum absolute atomic E-state index is 11.5. The van der Waals surface area contributed by atoms with E-state index >= 15 is 0 Å². The van der Waals surface area contributed by atoms with E-state index in [0.29, 0.717) is 6.42 Å². The van der Waals surface area contributed by atoms with Gasteiger partial charge in [0.05, 0.1) is 13.0 Å². The molecule has 0 bridgehead atoms. The minimum Gasteiger partial charge on any atom is -0.479 e. The number of rotatable bonds is 9. The topological polar surface area (TPSA) is 130 Å². The van der Waals surface area contributed by atoms with E-state index < -0.39 is 36.0 Å². The Labute approximate surface area is 116 Å². The number of carboxylic acid groups (broad SMARTS) is 2. The van der Waals surface area contributed by atoms with Gasteiger partial charge in [-0.3, -0.25) is 4.79 Å². The highest BCUT2D eigenvalue weighted by atomic mass is 16.5. The minimum atomic E-state index is -2.88. The van der Waals surface area contributed by atoms with Crippen LogP contribution in [0.25, 0.3) is 0 Å². The van der Waals surface area contributed by atoms with Crippen molar-refractivity contribution in [1.82, 2.24) is 0 Å². The fourth-order valence-corrected chi connectivity index (χ4v) is 1.46. The number of carbonyl (C=O) groups excluding carboxylic acids is 1. The molecule has 0 aromatic rings. The van der Waals surface area contributed by atoms with Gasteiger partial charge in [-0.05, 0) is 12.3 Å². The van der Waals surface area contributed by atoms with Gasteiger partial charge in [-0.1, -0.05) is 13.8 Å². The van der Waals surface area contributed by atoms with Crippen molar-refractivity contribution in [2.45, 2.75) is 38.4 Å². The minimum absolute atomic E-state index is 0.0664. The predicted octanol–water partition coefficient (Wildman–Crippen LogP) is -0.119. The quantitative estimate of drug-likeness (QED) is 0.501. The highest BCUT2D eigenvalue weighted by molar-refractivity contribution is 5.91. The molecule has 0 saturated heterocycles. The van der Waals surface area contributed by atoms with E-state index in [0.717, 1.165) is 7.11 Å². The van der Waals surface area contributed by atoms with Crippen molar-refractivity contribution in [1.29, 1.82) is 0 Å². The van der Waals surface area contributed by atoms with Crippen LogP contribution in [0.3, 0.4) is 0 Å². The van der Waals surface area contributed by atoms with E-state index in [9.17, 15) is 19.5 Å². The highest BCUT2D eigenvalue weighted by Gasteiger charge is 2.51. The number of carbonyl (C=O) groups is 3. The normalized spacial score (nSPS) is 15.4. The van der Waals surface area contributed by atoms with Gasteiger partial charge in [0, 0.05) is 7.11 Å². The molecule has 0 amide bonds. The van der Waals surface area contributed by atoms with E-state index in [-0.39, 0.29) is 12.5 Å². The number of ether oxygens (including phenoxy) is 2. The molecule has 0 spiro atoms. The summed E-state index contributed by atoms with van der Waals surface area (Å²) in [6.45, 7) is 3.89. The zero-order valence-electron chi connectivity index (χ0n) is 11.7. The molecule has 2 unspecified atom stereocenters. The molecule has 0 heterocycles. The lowest BCUT2D eigenvalue weighted by molar-refractivity contribution is -0.191. The zero-order valence-corrected chi connectivity index (χ0v) is 11.7. The Morgan fingerprint density at radius 3 is 2.10 bits per heavy atom. The first kappa shape index (κ1) is 18.3. The first-order valence-electron chi connectivity index (χ1n) is 6.02. The lowest BCUT2D eigenvalue weighted by Gasteiger charge is -2.27. The summed E-state index contributed by atoms with van der Waals surface area (Å²) in [5, 5.41) is 27.7. The van der Waals surface area contributed by atoms with Crippen molar-refractivity contribution >= 4 is 17.9 Å². The molecular formula is C12H20O8. The second-order valence-corrected chi connectivity index (χ2v) is 4.76. The molecule has 0 radical (unpaired) electrons. The Kier molecular flexibility index (Phi) is 7.16. The SMILES string of the molecule is COC(C(=O)O)C(O)(CC(=O)OCCC(C)C)C(=O)O. The van der Waals surface area contributed by atoms with Crippen LogP contribution in [0.15, 0.2) is 0 Å². The molecule has 0 aromatic carbocycles. The predicted molar refractivity (Wildman–Crippen MR) is 66.0 cm³/mol. The molecule has 3 N–H and O–H groups in total. The number of aliphatic carboxylic acids is 2. The Balaban J connectivity index is 4.80. The van der Waals surface area contributed by atoms with Gasteiger partial charge in [-0.15, -0.1) is 0 Å². The van der Waals surface area contributed by atoms with Gasteiger partial charge >= 0.3 is 17.9 Å². The van der Waals surface area contributed by atoms with Crippen LogP contribution in [-0.2, 0) is 23.9 Å². The van der Waals surface area contributed by atoms with Crippen LogP contribution in [-0.4, -0.2) is 58.6 Å². The number of aliphatic hydroxyl groups is 1. The molecule has 8 heteroatoms. The fraction of sp³-hybridized carbons (Fsp3) is 0.750. The van der Waals surface area contributed by atoms with Crippen LogP contribution in [0.2, 0.25) is 0 Å². The van der Waals surface area contributed by atoms with Crippen LogP contribution in [0.4, 0.5) is 0 Å². The third-order valence-corrected chi connectivity index (χ3v) is 2.64. The Hall–Kier alpha value is -1.67. The Bertz CT molecular complexity index is 364. The highest BCUT2D eigenvalue weighted by Crippen LogP contribution is 2.20. The number of esters is 1. The number of carboxylic acids is 2. The van der Waals surface area contributed by atoms with Gasteiger partial charge in [0.1, 0.15) is 0 Å². The molecule has 0 fully saturated rings. The first-order chi connectivity index (χ1) is 9.15. The zero-order chi connectivity index (χ0) is 15.9. The summed E-state index contributed by atoms with van der Waals surface area (Å²) >= 11 is 0. The second-order valence-electron chi connectivity index (χ2n) is 4.76. The van der Waals surface area contributed by atoms with E-state index in [1.807, 2.05) is 13.8 Å². The van der Waals surface area contributed by atoms with Crippen LogP contribution < -0.4 is 0 Å². The Morgan fingerprint density at radius 1 is 1.20 bits per heavy atom. The molecule has 0 aliphatic heterocycles. The van der Waals surface area contributed by atoms with E-state index in [2.05, 4.69) is 4.74 Å². The summed E-state index contributed by atoms with van der Waals surface area (Å²) in [5.41, 5.74) is -2.88. The molecular weight excluding hydrogens is 272 g/mol. The third kappa shape index (κ3) is 5.14. The summed E-state index contributed by atoms with van der Waals surface area (Å²) in [6, 6.07) is 0. The van der Waals surface area contributed by atoms with Crippen molar-refractivity contribution < 1.29 is 39.2 Å². The smallest absolute Gasteiger partial charge is 0.339 e. The maximum Gasteiger partial charge on any atom is 0.339 e. The second kappa shape index (κ2) is 7.81. The number of hydrogen-bond acceptors (Lipinski definition) is 6. The molecule has 8 nitrogen and oxygen atoms in total. The Morgan fingerprint density at radius 2 is 1.75 bits per heavy atom. The number of methoxy groups -OCH3 is 1. The molecule has 2 atom stereocenters. The van der Waals surface area contributed by atoms with Crippen molar-refractivity contribution in [3.63, 3.8) is 0 Å². The molecule has 20 heavy (non-hydrogen) atoms. The van der Waals surface area contributed by atoms with Crippen molar-refractivity contribution in [3.05, 3.63) is 0 Å². The van der Waals surface area contributed by atoms with E-state index in [1.165, 1.54) is 0 Å². The average molecular weight is 292 g/mol. The van der Waals surface area contributed by atoms with Crippen LogP contribution in [0.1, 0.15) is 26.7 Å². The van der Waals surface area contributed by atoms with Gasteiger partial charge in [0.25, 0.3) is 0 Å². The van der Waals surface area contributed by atoms with Gasteiger partial charge in [-0.2, -0.15) is 0 Å². The first-order valence-corrected chi connectivity index (χ1v) is 6.02. The van der Waals surface area contributed by atoms with Crippen LogP contribution in [0.5, 0.6) is 0 Å². The van der Waals surface area contributed by atoms with Gasteiger partial charge in [0.2, 0.25) is 5.60 Å². The van der Waals surface area contributed by atoms with Crippen molar-refractivity contribution in [2.75, 3.05) is 13.7 Å². The fourth-order valence-electron chi connectivity index (χ4n) is 1.46.